The molecular weight excluding hydrogens is 154 g/mol. The average Bonchev–Trinajstić information content (AvgIpc) is 1.82. The van der Waals surface area contributed by atoms with Crippen LogP contribution in [0.25, 0.3) is 0 Å². The Balaban J connectivity index is 0. The Labute approximate surface area is 63.9 Å². The summed E-state index contributed by atoms with van der Waals surface area (Å²) < 4.78 is 4.55. The van der Waals surface area contributed by atoms with Gasteiger partial charge in [0, 0.05) is 6.92 Å². The predicted octanol–water partition coefficient (Wildman–Crippen LogP) is 0.612. The molecule has 6 nitrogen and oxygen atoms in total. The molecule has 6 heteroatoms. The van der Waals surface area contributed by atoms with Crippen molar-refractivity contribution in [2.24, 2.45) is 0 Å². The predicted molar refractivity (Wildman–Crippen MR) is 35.7 cm³/mol. The van der Waals surface area contributed by atoms with Crippen LogP contribution in [0.15, 0.2) is 0 Å². The first-order chi connectivity index (χ1) is 5.00. The molecule has 0 atom stereocenters. The van der Waals surface area contributed by atoms with Crippen LogP contribution in [0.4, 0.5) is 0 Å². The van der Waals surface area contributed by atoms with Crippen molar-refractivity contribution in [2.75, 3.05) is 6.61 Å². The van der Waals surface area contributed by atoms with Crippen LogP contribution >= 0.6 is 0 Å². The van der Waals surface area contributed by atoms with E-state index in [2.05, 4.69) is 4.74 Å². The van der Waals surface area contributed by atoms with Crippen molar-refractivity contribution in [3.8, 4) is 0 Å². The molecule has 0 radical (unpaired) electrons. The van der Waals surface area contributed by atoms with Crippen LogP contribution in [-0.4, -0.2) is 22.9 Å². The van der Waals surface area contributed by atoms with Crippen molar-refractivity contribution in [3.63, 3.8) is 0 Å². The van der Waals surface area contributed by atoms with Crippen molar-refractivity contribution < 1.29 is 19.8 Å². The standard InChI is InChI=1S/C5H10O2.HNO3/c1-3-4-7-5(2)6;2-1(3)4/h3-4H2,1-2H3;(H,2,3,4). The molecule has 11 heavy (non-hydrogen) atoms. The van der Waals surface area contributed by atoms with Crippen molar-refractivity contribution in [2.45, 2.75) is 20.3 Å². The lowest BCUT2D eigenvalue weighted by molar-refractivity contribution is -0.742. The Kier molecular flexibility index (Phi) is 9.74. The summed E-state index contributed by atoms with van der Waals surface area (Å²) in [5.74, 6) is -0.193. The first-order valence-electron chi connectivity index (χ1n) is 2.97. The van der Waals surface area contributed by atoms with Gasteiger partial charge in [-0.15, -0.1) is 10.1 Å². The van der Waals surface area contributed by atoms with E-state index in [1.807, 2.05) is 6.92 Å². The second-order valence-electron chi connectivity index (χ2n) is 1.58. The van der Waals surface area contributed by atoms with Gasteiger partial charge in [-0.25, -0.2) is 0 Å². The molecular formula is C5H11NO5. The monoisotopic (exact) mass is 165 g/mol. The van der Waals surface area contributed by atoms with E-state index >= 15 is 0 Å². The second kappa shape index (κ2) is 8.67. The lowest BCUT2D eigenvalue weighted by Crippen LogP contribution is -1.98. The third-order valence-electron chi connectivity index (χ3n) is 0.509. The zero-order valence-electron chi connectivity index (χ0n) is 6.44. The van der Waals surface area contributed by atoms with E-state index in [0.29, 0.717) is 6.61 Å². The van der Waals surface area contributed by atoms with Crippen molar-refractivity contribution in [1.29, 1.82) is 0 Å². The SMILES string of the molecule is CCCOC(C)=O.O=[N+]([O-])O. The number of esters is 1. The minimum atomic E-state index is -1.50. The molecule has 0 aromatic heterocycles. The molecule has 0 amide bonds. The zero-order chi connectivity index (χ0) is 9.28. The summed E-state index contributed by atoms with van der Waals surface area (Å²) in [4.78, 5) is 18.3. The highest BCUT2D eigenvalue weighted by Crippen LogP contribution is 1.78. The first kappa shape index (κ1) is 12.4. The van der Waals surface area contributed by atoms with E-state index in [1.54, 1.807) is 0 Å². The van der Waals surface area contributed by atoms with E-state index in [1.165, 1.54) is 6.92 Å². The number of ether oxygens (including phenoxy) is 1. The quantitative estimate of drug-likeness (QED) is 0.368. The van der Waals surface area contributed by atoms with Gasteiger partial charge in [-0.2, -0.15) is 0 Å². The third-order valence-corrected chi connectivity index (χ3v) is 0.509. The van der Waals surface area contributed by atoms with E-state index in [4.69, 9.17) is 15.3 Å². The van der Waals surface area contributed by atoms with Gasteiger partial charge in [0.25, 0.3) is 5.09 Å². The Morgan fingerprint density at radius 2 is 2.09 bits per heavy atom. The second-order valence-corrected chi connectivity index (χ2v) is 1.58. The number of hydrogen-bond donors (Lipinski definition) is 1. The van der Waals surface area contributed by atoms with Gasteiger partial charge in [0.2, 0.25) is 0 Å². The average molecular weight is 165 g/mol. The van der Waals surface area contributed by atoms with Gasteiger partial charge in [0.05, 0.1) is 6.61 Å². The van der Waals surface area contributed by atoms with Gasteiger partial charge in [-0.05, 0) is 6.42 Å². The van der Waals surface area contributed by atoms with E-state index in [0.717, 1.165) is 6.42 Å². The van der Waals surface area contributed by atoms with Crippen LogP contribution in [0, 0.1) is 10.1 Å². The highest BCUT2D eigenvalue weighted by molar-refractivity contribution is 5.65. The molecule has 0 saturated heterocycles. The fourth-order valence-electron chi connectivity index (χ4n) is 0.246. The largest absolute Gasteiger partial charge is 0.466 e. The van der Waals surface area contributed by atoms with E-state index in [-0.39, 0.29) is 5.97 Å². The summed E-state index contributed by atoms with van der Waals surface area (Å²) >= 11 is 0. The molecule has 0 spiro atoms. The molecule has 0 rings (SSSR count). The summed E-state index contributed by atoms with van der Waals surface area (Å²) in [7, 11) is 0. The van der Waals surface area contributed by atoms with Gasteiger partial charge >= 0.3 is 5.97 Å². The minimum Gasteiger partial charge on any atom is -0.466 e. The normalized spacial score (nSPS) is 7.45. The van der Waals surface area contributed by atoms with Crippen molar-refractivity contribution in [3.05, 3.63) is 10.1 Å². The third kappa shape index (κ3) is 54.1. The minimum absolute atomic E-state index is 0.193. The molecule has 0 aliphatic rings. The van der Waals surface area contributed by atoms with Crippen LogP contribution in [-0.2, 0) is 9.53 Å². The molecule has 0 saturated carbocycles. The van der Waals surface area contributed by atoms with Gasteiger partial charge < -0.3 is 9.94 Å². The summed E-state index contributed by atoms with van der Waals surface area (Å²) in [5.41, 5.74) is 0. The summed E-state index contributed by atoms with van der Waals surface area (Å²) in [5, 5.41) is 13.6. The van der Waals surface area contributed by atoms with Gasteiger partial charge in [0.1, 0.15) is 0 Å². The van der Waals surface area contributed by atoms with Crippen LogP contribution in [0.3, 0.4) is 0 Å². The molecule has 0 fully saturated rings. The molecule has 0 heterocycles. The zero-order valence-corrected chi connectivity index (χ0v) is 6.44. The van der Waals surface area contributed by atoms with Crippen LogP contribution in [0.5, 0.6) is 0 Å². The van der Waals surface area contributed by atoms with Crippen LogP contribution in [0.2, 0.25) is 0 Å². The molecule has 0 unspecified atom stereocenters. The van der Waals surface area contributed by atoms with Gasteiger partial charge in [-0.3, -0.25) is 4.79 Å². The van der Waals surface area contributed by atoms with Crippen LogP contribution < -0.4 is 0 Å². The maximum Gasteiger partial charge on any atom is 0.302 e. The van der Waals surface area contributed by atoms with E-state index < -0.39 is 5.09 Å². The summed E-state index contributed by atoms with van der Waals surface area (Å²) in [6.45, 7) is 3.92. The lowest BCUT2D eigenvalue weighted by atomic mass is 10.5. The Morgan fingerprint density at radius 3 is 2.18 bits per heavy atom. The molecule has 0 aromatic rings. The maximum absolute atomic E-state index is 9.98. The molecule has 1 N–H and O–H groups in total. The number of carbonyl (C=O) groups excluding carboxylic acids is 1. The molecule has 0 aliphatic carbocycles. The van der Waals surface area contributed by atoms with Crippen molar-refractivity contribution >= 4 is 5.97 Å². The van der Waals surface area contributed by atoms with E-state index in [9.17, 15) is 4.79 Å². The fourth-order valence-corrected chi connectivity index (χ4v) is 0.246. The Bertz CT molecular complexity index is 120. The van der Waals surface area contributed by atoms with Gasteiger partial charge in [0.15, 0.2) is 0 Å². The molecule has 66 valence electrons. The van der Waals surface area contributed by atoms with Gasteiger partial charge in [-0.1, -0.05) is 6.92 Å². The fraction of sp³-hybridized carbons (Fsp3) is 0.800. The highest BCUT2D eigenvalue weighted by atomic mass is 16.9. The highest BCUT2D eigenvalue weighted by Gasteiger charge is 1.85. The number of nitrogens with zero attached hydrogens (tertiary/aromatic N) is 1. The molecule has 0 bridgehead atoms. The first-order valence-corrected chi connectivity index (χ1v) is 2.97. The number of carbonyl (C=O) groups is 1. The van der Waals surface area contributed by atoms with Crippen LogP contribution in [0.1, 0.15) is 20.3 Å². The topological polar surface area (TPSA) is 89.7 Å². The number of rotatable bonds is 2. The Hall–Kier alpha value is -1.33. The number of hydrogen-bond acceptors (Lipinski definition) is 4. The molecule has 0 aliphatic heterocycles. The lowest BCUT2D eigenvalue weighted by Gasteiger charge is -1.93. The Morgan fingerprint density at radius 1 is 1.73 bits per heavy atom. The van der Waals surface area contributed by atoms with Crippen molar-refractivity contribution in [1.82, 2.24) is 0 Å². The summed E-state index contributed by atoms with van der Waals surface area (Å²) in [6, 6.07) is 0. The molecule has 0 aromatic carbocycles. The maximum atomic E-state index is 9.98. The smallest absolute Gasteiger partial charge is 0.302 e. The summed E-state index contributed by atoms with van der Waals surface area (Å²) in [6.07, 6.45) is 0.902.